The summed E-state index contributed by atoms with van der Waals surface area (Å²) < 4.78 is 1.74. The highest BCUT2D eigenvalue weighted by Gasteiger charge is 2.07. The second kappa shape index (κ2) is 6.24. The molecule has 3 heterocycles. The fourth-order valence-electron chi connectivity index (χ4n) is 2.73. The van der Waals surface area contributed by atoms with E-state index in [0.717, 1.165) is 27.7 Å². The Bertz CT molecular complexity index is 1030. The van der Waals surface area contributed by atoms with Crippen LogP contribution < -0.4 is 5.32 Å². The van der Waals surface area contributed by atoms with Crippen molar-refractivity contribution in [2.45, 2.75) is 6.54 Å². The number of pyridine rings is 1. The van der Waals surface area contributed by atoms with Crippen molar-refractivity contribution < 1.29 is 4.79 Å². The maximum absolute atomic E-state index is 12.3. The number of hydrogen-bond acceptors (Lipinski definition) is 3. The molecule has 0 fully saturated rings. The molecule has 0 bridgehead atoms. The molecule has 0 spiro atoms. The number of aromatic nitrogens is 4. The first-order valence-corrected chi connectivity index (χ1v) is 7.98. The van der Waals surface area contributed by atoms with E-state index in [4.69, 9.17) is 0 Å². The van der Waals surface area contributed by atoms with E-state index in [1.54, 1.807) is 17.1 Å². The van der Waals surface area contributed by atoms with Gasteiger partial charge in [-0.3, -0.25) is 14.5 Å². The lowest BCUT2D eigenvalue weighted by Crippen LogP contribution is -2.22. The molecule has 3 aromatic heterocycles. The number of benzene rings is 1. The summed E-state index contributed by atoms with van der Waals surface area (Å²) in [5, 5.41) is 8.16. The molecular weight excluding hydrogens is 314 g/mol. The first kappa shape index (κ1) is 15.1. The highest BCUT2D eigenvalue weighted by Crippen LogP contribution is 2.16. The van der Waals surface area contributed by atoms with Crippen molar-refractivity contribution in [1.29, 1.82) is 0 Å². The Morgan fingerprint density at radius 2 is 2.12 bits per heavy atom. The number of carbonyl (C=O) groups is 1. The van der Waals surface area contributed by atoms with E-state index in [9.17, 15) is 4.79 Å². The van der Waals surface area contributed by atoms with E-state index in [1.807, 2.05) is 55.8 Å². The van der Waals surface area contributed by atoms with Gasteiger partial charge in [-0.15, -0.1) is 0 Å². The van der Waals surface area contributed by atoms with Gasteiger partial charge in [-0.25, -0.2) is 0 Å². The normalized spacial score (nSPS) is 10.9. The molecule has 6 nitrogen and oxygen atoms in total. The molecule has 0 aliphatic rings. The average molecular weight is 331 g/mol. The molecule has 0 saturated carbocycles. The third kappa shape index (κ3) is 3.14. The van der Waals surface area contributed by atoms with Gasteiger partial charge in [0.1, 0.15) is 0 Å². The van der Waals surface area contributed by atoms with Gasteiger partial charge in [-0.05, 0) is 35.2 Å². The third-order valence-electron chi connectivity index (χ3n) is 4.10. The number of hydrogen-bond donors (Lipinski definition) is 2. The van der Waals surface area contributed by atoms with Crippen molar-refractivity contribution in [2.75, 3.05) is 0 Å². The van der Waals surface area contributed by atoms with Crippen LogP contribution in [0.1, 0.15) is 15.9 Å². The smallest absolute Gasteiger partial charge is 0.251 e. The molecule has 25 heavy (non-hydrogen) atoms. The Hall–Kier alpha value is -3.41. The van der Waals surface area contributed by atoms with Gasteiger partial charge >= 0.3 is 0 Å². The van der Waals surface area contributed by atoms with E-state index in [2.05, 4.69) is 20.4 Å². The lowest BCUT2D eigenvalue weighted by Gasteiger charge is -2.06. The van der Waals surface area contributed by atoms with Crippen LogP contribution in [0.2, 0.25) is 0 Å². The summed E-state index contributed by atoms with van der Waals surface area (Å²) in [4.78, 5) is 19.9. The van der Waals surface area contributed by atoms with Crippen molar-refractivity contribution in [3.63, 3.8) is 0 Å². The van der Waals surface area contributed by atoms with Crippen molar-refractivity contribution in [3.8, 4) is 11.3 Å². The number of H-pyrrole nitrogens is 1. The monoisotopic (exact) mass is 331 g/mol. The summed E-state index contributed by atoms with van der Waals surface area (Å²) in [6, 6.07) is 11.5. The molecule has 0 aliphatic heterocycles. The number of amides is 1. The van der Waals surface area contributed by atoms with Gasteiger partial charge < -0.3 is 10.3 Å². The van der Waals surface area contributed by atoms with Crippen LogP contribution in [0.5, 0.6) is 0 Å². The van der Waals surface area contributed by atoms with Crippen LogP contribution in [0.4, 0.5) is 0 Å². The molecule has 1 aromatic carbocycles. The van der Waals surface area contributed by atoms with Gasteiger partial charge in [0.05, 0.1) is 11.9 Å². The van der Waals surface area contributed by atoms with Crippen LogP contribution in [-0.2, 0) is 13.6 Å². The second-order valence-corrected chi connectivity index (χ2v) is 5.92. The summed E-state index contributed by atoms with van der Waals surface area (Å²) in [5.74, 6) is -0.104. The molecule has 6 heteroatoms. The molecule has 0 atom stereocenters. The molecule has 4 rings (SSSR count). The fraction of sp³-hybridized carbons (Fsp3) is 0.105. The van der Waals surface area contributed by atoms with Gasteiger partial charge in [0.25, 0.3) is 5.91 Å². The van der Waals surface area contributed by atoms with Gasteiger partial charge in [-0.2, -0.15) is 5.10 Å². The number of carbonyl (C=O) groups excluding carboxylic acids is 1. The molecule has 0 aliphatic carbocycles. The summed E-state index contributed by atoms with van der Waals surface area (Å²) in [5.41, 5.74) is 4.37. The van der Waals surface area contributed by atoms with E-state index in [-0.39, 0.29) is 5.91 Å². The Kier molecular flexibility index (Phi) is 3.78. The first-order chi connectivity index (χ1) is 12.2. The Balaban J connectivity index is 1.42. The Morgan fingerprint density at radius 1 is 1.20 bits per heavy atom. The topological polar surface area (TPSA) is 75.6 Å². The van der Waals surface area contributed by atoms with Crippen molar-refractivity contribution in [2.24, 2.45) is 7.05 Å². The van der Waals surface area contributed by atoms with Crippen molar-refractivity contribution in [1.82, 2.24) is 25.1 Å². The first-order valence-electron chi connectivity index (χ1n) is 7.98. The van der Waals surface area contributed by atoms with E-state index in [1.165, 1.54) is 0 Å². The lowest BCUT2D eigenvalue weighted by atomic mass is 10.1. The maximum Gasteiger partial charge on any atom is 0.251 e. The average Bonchev–Trinajstić information content (AvgIpc) is 3.28. The van der Waals surface area contributed by atoms with Crippen molar-refractivity contribution in [3.05, 3.63) is 72.3 Å². The molecular formula is C19H17N5O. The predicted octanol–water partition coefficient (Wildman–Crippen LogP) is 2.89. The molecule has 124 valence electrons. The Labute approximate surface area is 144 Å². The Morgan fingerprint density at radius 3 is 2.88 bits per heavy atom. The van der Waals surface area contributed by atoms with E-state index >= 15 is 0 Å². The van der Waals surface area contributed by atoms with E-state index in [0.29, 0.717) is 12.1 Å². The van der Waals surface area contributed by atoms with Crippen LogP contribution in [-0.4, -0.2) is 25.7 Å². The summed E-state index contributed by atoms with van der Waals surface area (Å²) in [7, 11) is 1.87. The molecule has 1 amide bonds. The van der Waals surface area contributed by atoms with Crippen LogP contribution in [0.3, 0.4) is 0 Å². The minimum atomic E-state index is -0.104. The predicted molar refractivity (Wildman–Crippen MR) is 95.9 cm³/mol. The highest BCUT2D eigenvalue weighted by atomic mass is 16.1. The zero-order chi connectivity index (χ0) is 17.2. The van der Waals surface area contributed by atoms with Gasteiger partial charge in [0.15, 0.2) is 0 Å². The zero-order valence-corrected chi connectivity index (χ0v) is 13.7. The minimum Gasteiger partial charge on any atom is -0.361 e. The lowest BCUT2D eigenvalue weighted by molar-refractivity contribution is 0.0951. The molecule has 2 N–H and O–H groups in total. The fourth-order valence-corrected chi connectivity index (χ4v) is 2.73. The minimum absolute atomic E-state index is 0.104. The van der Waals surface area contributed by atoms with Crippen LogP contribution >= 0.6 is 0 Å². The van der Waals surface area contributed by atoms with Gasteiger partial charge in [0.2, 0.25) is 0 Å². The number of nitrogens with one attached hydrogen (secondary N) is 2. The van der Waals surface area contributed by atoms with Gasteiger partial charge in [-0.1, -0.05) is 12.1 Å². The number of aromatic amines is 1. The van der Waals surface area contributed by atoms with Gasteiger partial charge in [0, 0.05) is 48.8 Å². The SMILES string of the molecule is Cn1cc(-c2ccc(CNC(=O)c3ccc4cc[nH]c4c3)cn2)cn1. The second-order valence-electron chi connectivity index (χ2n) is 5.92. The highest BCUT2D eigenvalue weighted by molar-refractivity contribution is 5.97. The maximum atomic E-state index is 12.3. The summed E-state index contributed by atoms with van der Waals surface area (Å²) in [6.45, 7) is 0.432. The summed E-state index contributed by atoms with van der Waals surface area (Å²) in [6.07, 6.45) is 7.33. The largest absolute Gasteiger partial charge is 0.361 e. The van der Waals surface area contributed by atoms with Crippen LogP contribution in [0, 0.1) is 0 Å². The van der Waals surface area contributed by atoms with Crippen LogP contribution in [0.25, 0.3) is 22.2 Å². The molecule has 4 aromatic rings. The van der Waals surface area contributed by atoms with E-state index < -0.39 is 0 Å². The zero-order valence-electron chi connectivity index (χ0n) is 13.7. The standard InChI is InChI=1S/C19H17N5O/c1-24-12-16(11-23-24)17-5-2-13(9-21-17)10-22-19(25)15-4-3-14-6-7-20-18(14)8-15/h2-9,11-12,20H,10H2,1H3,(H,22,25). The summed E-state index contributed by atoms with van der Waals surface area (Å²) >= 11 is 0. The number of aryl methyl sites for hydroxylation is 1. The molecule has 0 saturated heterocycles. The number of fused-ring (bicyclic) bond motifs is 1. The third-order valence-corrected chi connectivity index (χ3v) is 4.10. The number of nitrogens with zero attached hydrogens (tertiary/aromatic N) is 3. The quantitative estimate of drug-likeness (QED) is 0.604. The molecule has 0 unspecified atom stereocenters. The van der Waals surface area contributed by atoms with Crippen LogP contribution in [0.15, 0.2) is 61.2 Å². The number of rotatable bonds is 4. The van der Waals surface area contributed by atoms with Crippen molar-refractivity contribution >= 4 is 16.8 Å². The molecule has 0 radical (unpaired) electrons.